The molecule has 1 aliphatic carbocycles. The molecule has 0 heterocycles. The first-order chi connectivity index (χ1) is 10.8. The number of aliphatic carboxylic acids is 1. The van der Waals surface area contributed by atoms with E-state index in [4.69, 9.17) is 9.90 Å². The van der Waals surface area contributed by atoms with Crippen molar-refractivity contribution in [2.24, 2.45) is 5.92 Å². The minimum absolute atomic E-state index is 0.274. The van der Waals surface area contributed by atoms with Gasteiger partial charge in [-0.15, -0.1) is 0 Å². The second-order valence-corrected chi connectivity index (χ2v) is 5.77. The highest BCUT2D eigenvalue weighted by Gasteiger charge is 2.45. The van der Waals surface area contributed by atoms with Crippen LogP contribution in [0.5, 0.6) is 0 Å². The molecule has 3 nitrogen and oxygen atoms in total. The topological polar surface area (TPSA) is 49.3 Å². The van der Waals surface area contributed by atoms with Gasteiger partial charge in [-0.1, -0.05) is 50.1 Å². The molecule has 0 spiro atoms. The third-order valence-electron chi connectivity index (χ3n) is 4.47. The normalized spacial score (nSPS) is 23.4. The van der Waals surface area contributed by atoms with E-state index in [9.17, 15) is 13.2 Å². The van der Waals surface area contributed by atoms with Gasteiger partial charge < -0.3 is 10.4 Å². The van der Waals surface area contributed by atoms with Crippen LogP contribution in [0.25, 0.3) is 0 Å². The molecule has 2 unspecified atom stereocenters. The number of nitrogens with one attached hydrogen (secondary N) is 1. The van der Waals surface area contributed by atoms with Crippen molar-refractivity contribution >= 4 is 5.97 Å². The molecule has 130 valence electrons. The molecule has 0 amide bonds. The standard InChI is InChI=1S/C15H23N.C2HF3O2/c1-3-4-8-14-11-12-15(14,16-2)13-9-6-5-7-10-13;3-2(4,5)1(6)7/h5-7,9-10,14,16H,3-4,8,11-12H2,1-2H3;(H,6,7). The third kappa shape index (κ3) is 4.96. The fourth-order valence-electron chi connectivity index (χ4n) is 3.07. The maximum atomic E-state index is 10.6. The molecule has 0 radical (unpaired) electrons. The van der Waals surface area contributed by atoms with Gasteiger partial charge in [0.05, 0.1) is 0 Å². The average molecular weight is 331 g/mol. The lowest BCUT2D eigenvalue weighted by molar-refractivity contribution is -0.192. The van der Waals surface area contributed by atoms with Crippen molar-refractivity contribution in [3.05, 3.63) is 35.9 Å². The van der Waals surface area contributed by atoms with Crippen molar-refractivity contribution in [2.45, 2.75) is 50.7 Å². The van der Waals surface area contributed by atoms with E-state index >= 15 is 0 Å². The minimum atomic E-state index is -5.08. The summed E-state index contributed by atoms with van der Waals surface area (Å²) >= 11 is 0. The fraction of sp³-hybridized carbons (Fsp3) is 0.588. The first kappa shape index (κ1) is 19.5. The predicted molar refractivity (Wildman–Crippen MR) is 83.1 cm³/mol. The Balaban J connectivity index is 0.000000322. The van der Waals surface area contributed by atoms with E-state index in [0.29, 0.717) is 0 Å². The number of benzene rings is 1. The molecule has 1 aromatic carbocycles. The minimum Gasteiger partial charge on any atom is -0.475 e. The van der Waals surface area contributed by atoms with Gasteiger partial charge >= 0.3 is 12.1 Å². The summed E-state index contributed by atoms with van der Waals surface area (Å²) in [6.45, 7) is 2.28. The Kier molecular flexibility index (Phi) is 7.06. The molecule has 2 rings (SSSR count). The summed E-state index contributed by atoms with van der Waals surface area (Å²) in [7, 11) is 2.12. The number of halogens is 3. The van der Waals surface area contributed by atoms with E-state index < -0.39 is 12.1 Å². The van der Waals surface area contributed by atoms with Crippen molar-refractivity contribution < 1.29 is 23.1 Å². The lowest BCUT2D eigenvalue weighted by atomic mass is 9.61. The van der Waals surface area contributed by atoms with Crippen LogP contribution in [0.3, 0.4) is 0 Å². The van der Waals surface area contributed by atoms with E-state index in [1.165, 1.54) is 37.7 Å². The number of carbonyl (C=O) groups is 1. The lowest BCUT2D eigenvalue weighted by Crippen LogP contribution is -2.53. The highest BCUT2D eigenvalue weighted by Crippen LogP contribution is 2.48. The fourth-order valence-corrected chi connectivity index (χ4v) is 3.07. The maximum Gasteiger partial charge on any atom is 0.490 e. The van der Waals surface area contributed by atoms with Gasteiger partial charge in [0, 0.05) is 5.54 Å². The summed E-state index contributed by atoms with van der Waals surface area (Å²) in [6.07, 6.45) is 1.63. The number of hydrogen-bond donors (Lipinski definition) is 2. The predicted octanol–water partition coefficient (Wildman–Crippen LogP) is 4.33. The van der Waals surface area contributed by atoms with Crippen LogP contribution in [0.2, 0.25) is 0 Å². The second-order valence-electron chi connectivity index (χ2n) is 5.77. The molecule has 0 saturated heterocycles. The number of carboxylic acids is 1. The quantitative estimate of drug-likeness (QED) is 0.844. The van der Waals surface area contributed by atoms with Gasteiger partial charge in [0.2, 0.25) is 0 Å². The molecular formula is C17H24F3NO2. The molecular weight excluding hydrogens is 307 g/mol. The molecule has 0 bridgehead atoms. The molecule has 0 aromatic heterocycles. The Hall–Kier alpha value is -1.56. The van der Waals surface area contributed by atoms with Crippen LogP contribution in [0, 0.1) is 5.92 Å². The lowest BCUT2D eigenvalue weighted by Gasteiger charge is -2.50. The molecule has 6 heteroatoms. The second kappa shape index (κ2) is 8.34. The van der Waals surface area contributed by atoms with Crippen molar-refractivity contribution in [3.8, 4) is 0 Å². The SMILES string of the molecule is CCCCC1CCC1(NC)c1ccccc1.O=C(O)C(F)(F)F. The molecule has 1 fully saturated rings. The van der Waals surface area contributed by atoms with Gasteiger partial charge in [0.1, 0.15) is 0 Å². The van der Waals surface area contributed by atoms with Gasteiger partial charge in [-0.05, 0) is 37.8 Å². The van der Waals surface area contributed by atoms with Gasteiger partial charge in [0.25, 0.3) is 0 Å². The first-order valence-corrected chi connectivity index (χ1v) is 7.82. The zero-order valence-corrected chi connectivity index (χ0v) is 13.5. The first-order valence-electron chi connectivity index (χ1n) is 7.82. The van der Waals surface area contributed by atoms with E-state index in [1.54, 1.807) is 0 Å². The molecule has 1 saturated carbocycles. The average Bonchev–Trinajstić information content (AvgIpc) is 2.48. The Morgan fingerprint density at radius 3 is 2.26 bits per heavy atom. The largest absolute Gasteiger partial charge is 0.490 e. The third-order valence-corrected chi connectivity index (χ3v) is 4.47. The number of rotatable bonds is 5. The van der Waals surface area contributed by atoms with Crippen LogP contribution in [0.4, 0.5) is 13.2 Å². The molecule has 1 aliphatic rings. The van der Waals surface area contributed by atoms with Crippen LogP contribution in [-0.4, -0.2) is 24.3 Å². The zero-order valence-electron chi connectivity index (χ0n) is 13.5. The molecule has 1 aromatic rings. The van der Waals surface area contributed by atoms with Crippen molar-refractivity contribution in [1.29, 1.82) is 0 Å². The van der Waals surface area contributed by atoms with Crippen LogP contribution in [0.1, 0.15) is 44.6 Å². The number of carboxylic acid groups (broad SMARTS) is 1. The zero-order chi connectivity index (χ0) is 17.5. The molecule has 2 atom stereocenters. The summed E-state index contributed by atoms with van der Waals surface area (Å²) < 4.78 is 31.7. The van der Waals surface area contributed by atoms with E-state index in [2.05, 4.69) is 49.6 Å². The van der Waals surface area contributed by atoms with Crippen LogP contribution >= 0.6 is 0 Å². The summed E-state index contributed by atoms with van der Waals surface area (Å²) in [6, 6.07) is 11.0. The summed E-state index contributed by atoms with van der Waals surface area (Å²) in [5.74, 6) is -1.92. The van der Waals surface area contributed by atoms with Crippen LogP contribution < -0.4 is 5.32 Å². The van der Waals surface area contributed by atoms with E-state index in [-0.39, 0.29) is 5.54 Å². The molecule has 2 N–H and O–H groups in total. The van der Waals surface area contributed by atoms with Crippen molar-refractivity contribution in [3.63, 3.8) is 0 Å². The smallest absolute Gasteiger partial charge is 0.475 e. The van der Waals surface area contributed by atoms with Crippen molar-refractivity contribution in [1.82, 2.24) is 5.32 Å². The number of hydrogen-bond acceptors (Lipinski definition) is 2. The summed E-state index contributed by atoms with van der Waals surface area (Å²) in [4.78, 5) is 8.90. The molecule has 0 aliphatic heterocycles. The highest BCUT2D eigenvalue weighted by atomic mass is 19.4. The van der Waals surface area contributed by atoms with Gasteiger partial charge in [-0.2, -0.15) is 13.2 Å². The van der Waals surface area contributed by atoms with Crippen molar-refractivity contribution in [2.75, 3.05) is 7.05 Å². The highest BCUT2D eigenvalue weighted by molar-refractivity contribution is 5.73. The van der Waals surface area contributed by atoms with Crippen LogP contribution in [-0.2, 0) is 10.3 Å². The number of unbranched alkanes of at least 4 members (excludes halogenated alkanes) is 1. The summed E-state index contributed by atoms with van der Waals surface area (Å²) in [5, 5.41) is 10.7. The van der Waals surface area contributed by atoms with Gasteiger partial charge in [-0.25, -0.2) is 4.79 Å². The van der Waals surface area contributed by atoms with E-state index in [0.717, 1.165) is 5.92 Å². The Morgan fingerprint density at radius 2 is 1.91 bits per heavy atom. The Bertz CT molecular complexity index is 486. The van der Waals surface area contributed by atoms with E-state index in [1.807, 2.05) is 0 Å². The Morgan fingerprint density at radius 1 is 1.35 bits per heavy atom. The monoisotopic (exact) mass is 331 g/mol. The number of alkyl halides is 3. The van der Waals surface area contributed by atoms with Gasteiger partial charge in [-0.3, -0.25) is 0 Å². The van der Waals surface area contributed by atoms with Gasteiger partial charge in [0.15, 0.2) is 0 Å². The molecule has 23 heavy (non-hydrogen) atoms. The maximum absolute atomic E-state index is 10.6. The Labute approximate surface area is 134 Å². The van der Waals surface area contributed by atoms with Crippen LogP contribution in [0.15, 0.2) is 30.3 Å². The summed E-state index contributed by atoms with van der Waals surface area (Å²) in [5.41, 5.74) is 1.75.